The molecule has 0 saturated carbocycles. The number of rotatable bonds is 5. The van der Waals surface area contributed by atoms with E-state index in [-0.39, 0.29) is 18.3 Å². The highest BCUT2D eigenvalue weighted by Gasteiger charge is 2.20. The summed E-state index contributed by atoms with van der Waals surface area (Å²) in [5, 5.41) is 11.2. The minimum absolute atomic E-state index is 0. The van der Waals surface area contributed by atoms with Crippen molar-refractivity contribution in [1.29, 1.82) is 0 Å². The fourth-order valence-electron chi connectivity index (χ4n) is 3.42. The van der Waals surface area contributed by atoms with Crippen molar-refractivity contribution in [3.8, 4) is 16.9 Å². The fraction of sp³-hybridized carbons (Fsp3) is 0.273. The second kappa shape index (κ2) is 9.04. The van der Waals surface area contributed by atoms with Crippen LogP contribution < -0.4 is 10.6 Å². The van der Waals surface area contributed by atoms with Gasteiger partial charge in [-0.3, -0.25) is 4.79 Å². The monoisotopic (exact) mass is 396 g/mol. The van der Waals surface area contributed by atoms with Crippen LogP contribution in [0.25, 0.3) is 16.9 Å². The Hall–Kier alpha value is -2.63. The van der Waals surface area contributed by atoms with Crippen molar-refractivity contribution >= 4 is 18.3 Å². The van der Waals surface area contributed by atoms with E-state index in [0.717, 1.165) is 24.2 Å². The number of amides is 1. The van der Waals surface area contributed by atoms with Crippen molar-refractivity contribution in [2.75, 3.05) is 13.1 Å². The molecule has 3 aromatic rings. The summed E-state index contributed by atoms with van der Waals surface area (Å²) in [5.74, 6) is -0.0825. The number of benzene rings is 2. The number of nitrogens with zero attached hydrogens (tertiary/aromatic N) is 2. The molecule has 28 heavy (non-hydrogen) atoms. The number of halogens is 1. The lowest BCUT2D eigenvalue weighted by atomic mass is 10.1. The zero-order valence-corrected chi connectivity index (χ0v) is 16.7. The maximum absolute atomic E-state index is 12.9. The number of carbonyl (C=O) groups excluding carboxylic acids is 1. The number of hydrogen-bond donors (Lipinski definition) is 2. The molecule has 4 rings (SSSR count). The Balaban J connectivity index is 0.00000225. The van der Waals surface area contributed by atoms with Crippen LogP contribution in [0.15, 0.2) is 60.8 Å². The molecule has 1 fully saturated rings. The third-order valence-corrected chi connectivity index (χ3v) is 4.98. The van der Waals surface area contributed by atoms with Gasteiger partial charge in [-0.05, 0) is 38.4 Å². The highest BCUT2D eigenvalue weighted by atomic mass is 35.5. The van der Waals surface area contributed by atoms with Gasteiger partial charge in [-0.1, -0.05) is 48.0 Å². The first-order chi connectivity index (χ1) is 13.2. The summed E-state index contributed by atoms with van der Waals surface area (Å²) in [6, 6.07) is 18.3. The highest BCUT2D eigenvalue weighted by Crippen LogP contribution is 2.24. The molecule has 146 valence electrons. The molecule has 1 aliphatic heterocycles. The van der Waals surface area contributed by atoms with Crippen molar-refractivity contribution in [1.82, 2.24) is 20.4 Å². The lowest BCUT2D eigenvalue weighted by molar-refractivity contribution is 0.0951. The molecule has 1 aliphatic rings. The summed E-state index contributed by atoms with van der Waals surface area (Å²) in [6.07, 6.45) is 4.10. The van der Waals surface area contributed by atoms with Crippen molar-refractivity contribution in [3.05, 3.63) is 71.9 Å². The molecule has 2 aromatic carbocycles. The highest BCUT2D eigenvalue weighted by molar-refractivity contribution is 5.99. The Morgan fingerprint density at radius 2 is 1.93 bits per heavy atom. The molecule has 6 heteroatoms. The van der Waals surface area contributed by atoms with Gasteiger partial charge < -0.3 is 10.6 Å². The first-order valence-corrected chi connectivity index (χ1v) is 9.44. The lowest BCUT2D eigenvalue weighted by Crippen LogP contribution is -2.37. The second-order valence-corrected chi connectivity index (χ2v) is 7.04. The molecule has 1 aromatic heterocycles. The van der Waals surface area contributed by atoms with Gasteiger partial charge in [0.05, 0.1) is 11.3 Å². The first kappa shape index (κ1) is 20.1. The average Bonchev–Trinajstić information content (AvgIpc) is 3.37. The number of hydrogen-bond acceptors (Lipinski definition) is 3. The number of carbonyl (C=O) groups is 1. The molecule has 1 saturated heterocycles. The van der Waals surface area contributed by atoms with Gasteiger partial charge in [-0.25, -0.2) is 4.68 Å². The van der Waals surface area contributed by atoms with Gasteiger partial charge in [0.15, 0.2) is 0 Å². The molecule has 2 heterocycles. The predicted molar refractivity (Wildman–Crippen MR) is 114 cm³/mol. The SMILES string of the molecule is Cc1ccc(-n2cc(C(=O)NCC3CCCN3)c(-c3ccccc3)n2)cc1.Cl. The molecule has 2 N–H and O–H groups in total. The summed E-state index contributed by atoms with van der Waals surface area (Å²) in [6.45, 7) is 3.72. The van der Waals surface area contributed by atoms with E-state index < -0.39 is 0 Å². The standard InChI is InChI=1S/C22H24N4O.ClH/c1-16-9-11-19(12-10-16)26-15-20(21(25-26)17-6-3-2-4-7-17)22(27)24-14-18-8-5-13-23-18;/h2-4,6-7,9-12,15,18,23H,5,8,13-14H2,1H3,(H,24,27);1H. The van der Waals surface area contributed by atoms with Crippen molar-refractivity contribution < 1.29 is 4.79 Å². The molecule has 0 aliphatic carbocycles. The Labute approximate surface area is 171 Å². The quantitative estimate of drug-likeness (QED) is 0.690. The Morgan fingerprint density at radius 3 is 2.61 bits per heavy atom. The van der Waals surface area contributed by atoms with E-state index in [1.165, 1.54) is 12.0 Å². The van der Waals surface area contributed by atoms with Gasteiger partial charge in [0, 0.05) is 24.3 Å². The molecular formula is C22H25ClN4O. The molecular weight excluding hydrogens is 372 g/mol. The van der Waals surface area contributed by atoms with Gasteiger partial charge >= 0.3 is 0 Å². The van der Waals surface area contributed by atoms with Crippen LogP contribution in [0, 0.1) is 6.92 Å². The van der Waals surface area contributed by atoms with Gasteiger partial charge in [-0.15, -0.1) is 12.4 Å². The molecule has 0 radical (unpaired) electrons. The maximum Gasteiger partial charge on any atom is 0.255 e. The Kier molecular flexibility index (Phi) is 6.49. The van der Waals surface area contributed by atoms with Gasteiger partial charge in [-0.2, -0.15) is 5.10 Å². The normalized spacial score (nSPS) is 15.8. The second-order valence-electron chi connectivity index (χ2n) is 7.04. The summed E-state index contributed by atoms with van der Waals surface area (Å²) < 4.78 is 1.78. The van der Waals surface area contributed by atoms with E-state index in [9.17, 15) is 4.79 Å². The van der Waals surface area contributed by atoms with Crippen LogP contribution in [-0.2, 0) is 0 Å². The molecule has 0 spiro atoms. The van der Waals surface area contributed by atoms with E-state index in [2.05, 4.69) is 17.6 Å². The fourth-order valence-corrected chi connectivity index (χ4v) is 3.42. The van der Waals surface area contributed by atoms with E-state index in [1.807, 2.05) is 60.8 Å². The predicted octanol–water partition coefficient (Wildman–Crippen LogP) is 3.75. The van der Waals surface area contributed by atoms with E-state index in [1.54, 1.807) is 4.68 Å². The smallest absolute Gasteiger partial charge is 0.255 e. The molecule has 5 nitrogen and oxygen atoms in total. The summed E-state index contributed by atoms with van der Waals surface area (Å²) in [5.41, 5.74) is 4.37. The first-order valence-electron chi connectivity index (χ1n) is 9.44. The number of aromatic nitrogens is 2. The lowest BCUT2D eigenvalue weighted by Gasteiger charge is -2.11. The van der Waals surface area contributed by atoms with E-state index in [0.29, 0.717) is 23.8 Å². The molecule has 1 amide bonds. The third kappa shape index (κ3) is 4.43. The number of aryl methyl sites for hydroxylation is 1. The van der Waals surface area contributed by atoms with Crippen LogP contribution in [0.3, 0.4) is 0 Å². The van der Waals surface area contributed by atoms with E-state index in [4.69, 9.17) is 5.10 Å². The largest absolute Gasteiger partial charge is 0.350 e. The van der Waals surface area contributed by atoms with Crippen LogP contribution in [-0.4, -0.2) is 34.8 Å². The van der Waals surface area contributed by atoms with Crippen molar-refractivity contribution in [2.45, 2.75) is 25.8 Å². The van der Waals surface area contributed by atoms with Crippen LogP contribution in [0.2, 0.25) is 0 Å². The van der Waals surface area contributed by atoms with Gasteiger partial charge in [0.2, 0.25) is 0 Å². The van der Waals surface area contributed by atoms with Gasteiger partial charge in [0.25, 0.3) is 5.91 Å². The minimum Gasteiger partial charge on any atom is -0.350 e. The summed E-state index contributed by atoms with van der Waals surface area (Å²) in [7, 11) is 0. The minimum atomic E-state index is -0.0825. The maximum atomic E-state index is 12.9. The third-order valence-electron chi connectivity index (χ3n) is 4.98. The zero-order valence-electron chi connectivity index (χ0n) is 15.9. The van der Waals surface area contributed by atoms with Crippen molar-refractivity contribution in [3.63, 3.8) is 0 Å². The van der Waals surface area contributed by atoms with Crippen LogP contribution >= 0.6 is 12.4 Å². The Morgan fingerprint density at radius 1 is 1.18 bits per heavy atom. The topological polar surface area (TPSA) is 59.0 Å². The van der Waals surface area contributed by atoms with Crippen LogP contribution in [0.4, 0.5) is 0 Å². The van der Waals surface area contributed by atoms with Crippen LogP contribution in [0.1, 0.15) is 28.8 Å². The molecule has 0 bridgehead atoms. The van der Waals surface area contributed by atoms with Crippen LogP contribution in [0.5, 0.6) is 0 Å². The average molecular weight is 397 g/mol. The van der Waals surface area contributed by atoms with Crippen molar-refractivity contribution in [2.24, 2.45) is 0 Å². The zero-order chi connectivity index (χ0) is 18.6. The van der Waals surface area contributed by atoms with Gasteiger partial charge in [0.1, 0.15) is 5.69 Å². The summed E-state index contributed by atoms with van der Waals surface area (Å²) in [4.78, 5) is 12.9. The summed E-state index contributed by atoms with van der Waals surface area (Å²) >= 11 is 0. The number of nitrogens with one attached hydrogen (secondary N) is 2. The van der Waals surface area contributed by atoms with E-state index >= 15 is 0 Å². The molecule has 1 unspecified atom stereocenters. The molecule has 1 atom stereocenters. The Bertz CT molecular complexity index is 915.